The van der Waals surface area contributed by atoms with E-state index in [1.54, 1.807) is 13.3 Å². The molecule has 0 saturated heterocycles. The van der Waals surface area contributed by atoms with Crippen LogP contribution in [0.5, 0.6) is 5.75 Å². The van der Waals surface area contributed by atoms with Crippen LogP contribution < -0.4 is 4.74 Å². The van der Waals surface area contributed by atoms with E-state index in [2.05, 4.69) is 24.0 Å². The second-order valence-corrected chi connectivity index (χ2v) is 3.44. The molecule has 0 bridgehead atoms. The van der Waals surface area contributed by atoms with Gasteiger partial charge in [-0.05, 0) is 31.0 Å². The Morgan fingerprint density at radius 2 is 2.00 bits per heavy atom. The summed E-state index contributed by atoms with van der Waals surface area (Å²) >= 11 is 0. The third-order valence-corrected chi connectivity index (χ3v) is 2.44. The molecule has 0 radical (unpaired) electrons. The molecule has 0 fully saturated rings. The number of hydrogen-bond acceptors (Lipinski definition) is 2. The molecule has 1 aromatic heterocycles. The SMILES string of the molecule is COc1c(C)cc(C)c2cccnc12. The number of nitrogens with zero attached hydrogens (tertiary/aromatic N) is 1. The lowest BCUT2D eigenvalue weighted by molar-refractivity contribution is 0.416. The van der Waals surface area contributed by atoms with E-state index in [0.29, 0.717) is 0 Å². The maximum Gasteiger partial charge on any atom is 0.147 e. The van der Waals surface area contributed by atoms with Crippen molar-refractivity contribution in [1.82, 2.24) is 4.98 Å². The van der Waals surface area contributed by atoms with Crippen LogP contribution in [0.25, 0.3) is 10.9 Å². The summed E-state index contributed by atoms with van der Waals surface area (Å²) in [5.41, 5.74) is 3.33. The standard InChI is InChI=1S/C12H13NO/c1-8-7-9(2)12(14-3)11-10(8)5-4-6-13-11/h4-7H,1-3H3. The molecule has 2 nitrogen and oxygen atoms in total. The molecule has 0 amide bonds. The van der Waals surface area contributed by atoms with Crippen molar-refractivity contribution in [2.45, 2.75) is 13.8 Å². The minimum Gasteiger partial charge on any atom is -0.494 e. The van der Waals surface area contributed by atoms with Gasteiger partial charge in [0.1, 0.15) is 11.3 Å². The Morgan fingerprint density at radius 1 is 1.21 bits per heavy atom. The summed E-state index contributed by atoms with van der Waals surface area (Å²) in [6.45, 7) is 4.14. The van der Waals surface area contributed by atoms with Crippen molar-refractivity contribution < 1.29 is 4.74 Å². The molecule has 1 heterocycles. The lowest BCUT2D eigenvalue weighted by atomic mass is 10.1. The lowest BCUT2D eigenvalue weighted by Crippen LogP contribution is -1.92. The van der Waals surface area contributed by atoms with Crippen molar-refractivity contribution >= 4 is 10.9 Å². The molecule has 2 rings (SSSR count). The number of ether oxygens (including phenoxy) is 1. The van der Waals surface area contributed by atoms with Crippen molar-refractivity contribution in [2.75, 3.05) is 7.11 Å². The number of benzene rings is 1. The molecule has 2 heteroatoms. The summed E-state index contributed by atoms with van der Waals surface area (Å²) in [5.74, 6) is 0.881. The number of hydrogen-bond donors (Lipinski definition) is 0. The summed E-state index contributed by atoms with van der Waals surface area (Å²) in [5, 5.41) is 1.16. The zero-order valence-electron chi connectivity index (χ0n) is 8.66. The van der Waals surface area contributed by atoms with Gasteiger partial charge in [-0.25, -0.2) is 0 Å². The third-order valence-electron chi connectivity index (χ3n) is 2.44. The first-order valence-electron chi connectivity index (χ1n) is 4.63. The molecule has 0 atom stereocenters. The maximum absolute atomic E-state index is 5.35. The first kappa shape index (κ1) is 9.00. The molecular weight excluding hydrogens is 174 g/mol. The van der Waals surface area contributed by atoms with Gasteiger partial charge in [0.2, 0.25) is 0 Å². The van der Waals surface area contributed by atoms with Crippen molar-refractivity contribution in [2.24, 2.45) is 0 Å². The third kappa shape index (κ3) is 1.23. The summed E-state index contributed by atoms with van der Waals surface area (Å²) < 4.78 is 5.35. The van der Waals surface area contributed by atoms with Crippen LogP contribution in [0.15, 0.2) is 24.4 Å². The highest BCUT2D eigenvalue weighted by atomic mass is 16.5. The number of fused-ring (bicyclic) bond motifs is 1. The van der Waals surface area contributed by atoms with E-state index >= 15 is 0 Å². The Labute approximate surface area is 83.5 Å². The monoisotopic (exact) mass is 187 g/mol. The Bertz CT molecular complexity index is 477. The number of aryl methyl sites for hydroxylation is 2. The zero-order chi connectivity index (χ0) is 10.1. The highest BCUT2D eigenvalue weighted by Gasteiger charge is 2.07. The Kier molecular flexibility index (Phi) is 2.12. The van der Waals surface area contributed by atoms with Crippen molar-refractivity contribution in [3.8, 4) is 5.75 Å². The van der Waals surface area contributed by atoms with Crippen LogP contribution in [0.4, 0.5) is 0 Å². The van der Waals surface area contributed by atoms with E-state index in [9.17, 15) is 0 Å². The van der Waals surface area contributed by atoms with Gasteiger partial charge in [0.15, 0.2) is 0 Å². The van der Waals surface area contributed by atoms with Gasteiger partial charge >= 0.3 is 0 Å². The first-order valence-corrected chi connectivity index (χ1v) is 4.63. The van der Waals surface area contributed by atoms with E-state index in [1.165, 1.54) is 5.56 Å². The van der Waals surface area contributed by atoms with Crippen molar-refractivity contribution in [1.29, 1.82) is 0 Å². The molecule has 0 aliphatic heterocycles. The highest BCUT2D eigenvalue weighted by Crippen LogP contribution is 2.29. The fraction of sp³-hybridized carbons (Fsp3) is 0.250. The van der Waals surface area contributed by atoms with Gasteiger partial charge in [0.05, 0.1) is 7.11 Å². The summed E-state index contributed by atoms with van der Waals surface area (Å²) in [7, 11) is 1.69. The molecule has 0 unspecified atom stereocenters. The predicted octanol–water partition coefficient (Wildman–Crippen LogP) is 2.86. The highest BCUT2D eigenvalue weighted by molar-refractivity contribution is 5.88. The molecule has 2 aromatic rings. The normalized spacial score (nSPS) is 10.5. The van der Waals surface area contributed by atoms with Crippen LogP contribution in [-0.2, 0) is 0 Å². The lowest BCUT2D eigenvalue weighted by Gasteiger charge is -2.09. The average Bonchev–Trinajstić information content (AvgIpc) is 2.18. The van der Waals surface area contributed by atoms with Crippen LogP contribution in [0.1, 0.15) is 11.1 Å². The zero-order valence-corrected chi connectivity index (χ0v) is 8.66. The fourth-order valence-corrected chi connectivity index (χ4v) is 1.82. The summed E-state index contributed by atoms with van der Waals surface area (Å²) in [6, 6.07) is 6.15. The smallest absolute Gasteiger partial charge is 0.147 e. The van der Waals surface area contributed by atoms with E-state index < -0.39 is 0 Å². The molecule has 72 valence electrons. The van der Waals surface area contributed by atoms with Gasteiger partial charge in [-0.1, -0.05) is 12.1 Å². The number of aromatic nitrogens is 1. The minimum absolute atomic E-state index is 0.881. The van der Waals surface area contributed by atoms with Gasteiger partial charge in [-0.15, -0.1) is 0 Å². The second kappa shape index (κ2) is 3.29. The predicted molar refractivity (Wildman–Crippen MR) is 57.8 cm³/mol. The van der Waals surface area contributed by atoms with Crippen LogP contribution in [0.2, 0.25) is 0 Å². The van der Waals surface area contributed by atoms with Crippen LogP contribution in [0, 0.1) is 13.8 Å². The molecule has 0 aliphatic carbocycles. The average molecular weight is 187 g/mol. The number of methoxy groups -OCH3 is 1. The molecule has 1 aromatic carbocycles. The fourth-order valence-electron chi connectivity index (χ4n) is 1.82. The summed E-state index contributed by atoms with van der Waals surface area (Å²) in [4.78, 5) is 4.35. The van der Waals surface area contributed by atoms with Gasteiger partial charge in [-0.3, -0.25) is 4.98 Å². The molecule has 14 heavy (non-hydrogen) atoms. The largest absolute Gasteiger partial charge is 0.494 e. The summed E-state index contributed by atoms with van der Waals surface area (Å²) in [6.07, 6.45) is 1.80. The maximum atomic E-state index is 5.35. The molecule has 0 saturated carbocycles. The van der Waals surface area contributed by atoms with Gasteiger partial charge in [0, 0.05) is 11.6 Å². The second-order valence-electron chi connectivity index (χ2n) is 3.44. The number of pyridine rings is 1. The van der Waals surface area contributed by atoms with Crippen LogP contribution >= 0.6 is 0 Å². The van der Waals surface area contributed by atoms with E-state index in [0.717, 1.165) is 22.2 Å². The van der Waals surface area contributed by atoms with Gasteiger partial charge in [-0.2, -0.15) is 0 Å². The molecule has 0 N–H and O–H groups in total. The molecule has 0 spiro atoms. The molecular formula is C12H13NO. The quantitative estimate of drug-likeness (QED) is 0.684. The van der Waals surface area contributed by atoms with Crippen molar-refractivity contribution in [3.63, 3.8) is 0 Å². The Morgan fingerprint density at radius 3 is 2.71 bits per heavy atom. The minimum atomic E-state index is 0.881. The number of rotatable bonds is 1. The van der Waals surface area contributed by atoms with Gasteiger partial charge < -0.3 is 4.74 Å². The van der Waals surface area contributed by atoms with E-state index in [-0.39, 0.29) is 0 Å². The van der Waals surface area contributed by atoms with E-state index in [4.69, 9.17) is 4.74 Å². The van der Waals surface area contributed by atoms with Crippen LogP contribution in [0.3, 0.4) is 0 Å². The van der Waals surface area contributed by atoms with E-state index in [1.807, 2.05) is 13.0 Å². The molecule has 0 aliphatic rings. The van der Waals surface area contributed by atoms with Crippen LogP contribution in [-0.4, -0.2) is 12.1 Å². The topological polar surface area (TPSA) is 22.1 Å². The van der Waals surface area contributed by atoms with Gasteiger partial charge in [0.25, 0.3) is 0 Å². The van der Waals surface area contributed by atoms with Crippen molar-refractivity contribution in [3.05, 3.63) is 35.5 Å². The first-order chi connectivity index (χ1) is 6.74. The Hall–Kier alpha value is -1.57. The Balaban J connectivity index is 2.90.